The highest BCUT2D eigenvalue weighted by molar-refractivity contribution is 7.12. The maximum absolute atomic E-state index is 12.4. The number of thiophene rings is 1. The van der Waals surface area contributed by atoms with Gasteiger partial charge in [-0.15, -0.1) is 11.3 Å². The van der Waals surface area contributed by atoms with E-state index in [0.29, 0.717) is 6.54 Å². The van der Waals surface area contributed by atoms with Gasteiger partial charge in [0.2, 0.25) is 6.79 Å². The predicted molar refractivity (Wildman–Crippen MR) is 99.3 cm³/mol. The standard InChI is InChI=1S/C19H23N3O3S/c1-21-6-8-22(9-7-21)15(12-20-19(23)18-3-2-10-26-18)14-4-5-16-17(11-14)25-13-24-16/h2-5,10-11,15H,6-9,12-13H2,1H3,(H,20,23)/p+2/t15-/m0/s1. The monoisotopic (exact) mass is 375 g/mol. The molecule has 138 valence electrons. The normalized spacial score (nSPS) is 22.8. The van der Waals surface area contributed by atoms with Crippen LogP contribution in [0.25, 0.3) is 0 Å². The summed E-state index contributed by atoms with van der Waals surface area (Å²) in [4.78, 5) is 16.2. The first-order chi connectivity index (χ1) is 12.7. The van der Waals surface area contributed by atoms with Crippen LogP contribution in [-0.4, -0.2) is 52.5 Å². The number of piperazine rings is 1. The van der Waals surface area contributed by atoms with Gasteiger partial charge in [-0.2, -0.15) is 0 Å². The van der Waals surface area contributed by atoms with Crippen LogP contribution in [0.1, 0.15) is 21.3 Å². The van der Waals surface area contributed by atoms with Crippen molar-refractivity contribution in [3.05, 3.63) is 46.2 Å². The minimum absolute atomic E-state index is 0.00453. The van der Waals surface area contributed by atoms with Crippen molar-refractivity contribution in [2.45, 2.75) is 6.04 Å². The molecule has 3 heterocycles. The molecule has 2 aliphatic rings. The largest absolute Gasteiger partial charge is 0.454 e. The fourth-order valence-corrected chi connectivity index (χ4v) is 4.30. The number of fused-ring (bicyclic) bond motifs is 1. The summed E-state index contributed by atoms with van der Waals surface area (Å²) in [5.41, 5.74) is 1.19. The second-order valence-corrected chi connectivity index (χ2v) is 7.92. The number of rotatable bonds is 5. The van der Waals surface area contributed by atoms with Gasteiger partial charge in [0.05, 0.1) is 18.5 Å². The lowest BCUT2D eigenvalue weighted by Crippen LogP contribution is -3.27. The molecular formula is C19H25N3O3S+2. The first-order valence-corrected chi connectivity index (χ1v) is 9.96. The van der Waals surface area contributed by atoms with E-state index in [-0.39, 0.29) is 18.7 Å². The summed E-state index contributed by atoms with van der Waals surface area (Å²) >= 11 is 1.47. The molecule has 1 aromatic carbocycles. The molecule has 2 aromatic rings. The van der Waals surface area contributed by atoms with Crippen molar-refractivity contribution in [3.63, 3.8) is 0 Å². The van der Waals surface area contributed by atoms with Gasteiger partial charge in [0.1, 0.15) is 32.2 Å². The lowest BCUT2D eigenvalue weighted by molar-refractivity contribution is -1.02. The zero-order chi connectivity index (χ0) is 17.9. The summed E-state index contributed by atoms with van der Waals surface area (Å²) in [7, 11) is 2.24. The highest BCUT2D eigenvalue weighted by Gasteiger charge is 2.31. The summed E-state index contributed by atoms with van der Waals surface area (Å²) in [5.74, 6) is 1.61. The van der Waals surface area contributed by atoms with E-state index in [4.69, 9.17) is 9.47 Å². The number of carbonyl (C=O) groups is 1. The van der Waals surface area contributed by atoms with Crippen LogP contribution in [0.15, 0.2) is 35.7 Å². The summed E-state index contributed by atoms with van der Waals surface area (Å²) in [5, 5.41) is 5.06. The molecule has 0 radical (unpaired) electrons. The molecule has 3 N–H and O–H groups in total. The molecule has 1 saturated heterocycles. The van der Waals surface area contributed by atoms with Gasteiger partial charge in [0.25, 0.3) is 5.91 Å². The van der Waals surface area contributed by atoms with Crippen molar-refractivity contribution < 1.29 is 24.1 Å². The van der Waals surface area contributed by atoms with E-state index in [9.17, 15) is 4.79 Å². The lowest BCUT2D eigenvalue weighted by Gasteiger charge is -2.33. The molecule has 0 saturated carbocycles. The molecule has 4 rings (SSSR count). The highest BCUT2D eigenvalue weighted by atomic mass is 32.1. The fraction of sp³-hybridized carbons (Fsp3) is 0.421. The van der Waals surface area contributed by atoms with Crippen LogP contribution in [0.5, 0.6) is 11.5 Å². The van der Waals surface area contributed by atoms with Crippen LogP contribution in [-0.2, 0) is 0 Å². The highest BCUT2D eigenvalue weighted by Crippen LogP contribution is 2.33. The second kappa shape index (κ2) is 7.65. The third-order valence-electron chi connectivity index (χ3n) is 5.25. The van der Waals surface area contributed by atoms with Gasteiger partial charge in [-0.3, -0.25) is 4.79 Å². The lowest BCUT2D eigenvalue weighted by atomic mass is 10.0. The minimum atomic E-state index is 0.00453. The second-order valence-electron chi connectivity index (χ2n) is 6.97. The molecule has 6 nitrogen and oxygen atoms in total. The quantitative estimate of drug-likeness (QED) is 0.652. The molecule has 1 fully saturated rings. The topological polar surface area (TPSA) is 56.4 Å². The molecule has 0 aliphatic carbocycles. The van der Waals surface area contributed by atoms with Crippen molar-refractivity contribution in [1.82, 2.24) is 5.32 Å². The van der Waals surface area contributed by atoms with Crippen molar-refractivity contribution in [2.24, 2.45) is 0 Å². The van der Waals surface area contributed by atoms with Crippen LogP contribution in [0.4, 0.5) is 0 Å². The Kier molecular flexibility index (Phi) is 5.10. The first-order valence-electron chi connectivity index (χ1n) is 9.08. The molecule has 0 spiro atoms. The number of ether oxygens (including phenoxy) is 2. The smallest absolute Gasteiger partial charge is 0.261 e. The van der Waals surface area contributed by atoms with Gasteiger partial charge in [-0.1, -0.05) is 6.07 Å². The Bertz CT molecular complexity index is 757. The molecule has 2 aliphatic heterocycles. The summed E-state index contributed by atoms with van der Waals surface area (Å²) in [6, 6.07) is 10.1. The molecule has 1 amide bonds. The Morgan fingerprint density at radius 1 is 1.19 bits per heavy atom. The third-order valence-corrected chi connectivity index (χ3v) is 6.12. The van der Waals surface area contributed by atoms with Gasteiger partial charge < -0.3 is 24.6 Å². The summed E-state index contributed by atoms with van der Waals surface area (Å²) in [6.07, 6.45) is 0. The van der Waals surface area contributed by atoms with E-state index in [2.05, 4.69) is 24.5 Å². The number of hydrogen-bond donors (Lipinski definition) is 3. The first kappa shape index (κ1) is 17.3. The van der Waals surface area contributed by atoms with Crippen LogP contribution in [0.3, 0.4) is 0 Å². The Labute approximate surface area is 157 Å². The maximum Gasteiger partial charge on any atom is 0.261 e. The Hall–Kier alpha value is -2.09. The molecular weight excluding hydrogens is 350 g/mol. The van der Waals surface area contributed by atoms with E-state index < -0.39 is 0 Å². The van der Waals surface area contributed by atoms with E-state index in [1.54, 1.807) is 4.90 Å². The van der Waals surface area contributed by atoms with Crippen LogP contribution in [0, 0.1) is 0 Å². The van der Waals surface area contributed by atoms with Crippen LogP contribution >= 0.6 is 11.3 Å². The van der Waals surface area contributed by atoms with Crippen LogP contribution in [0.2, 0.25) is 0 Å². The van der Waals surface area contributed by atoms with Gasteiger partial charge >= 0.3 is 0 Å². The summed E-state index contributed by atoms with van der Waals surface area (Å²) < 4.78 is 11.0. The number of nitrogens with one attached hydrogen (secondary N) is 3. The number of quaternary nitrogens is 2. The Morgan fingerprint density at radius 3 is 2.77 bits per heavy atom. The number of hydrogen-bond acceptors (Lipinski definition) is 4. The SMILES string of the molecule is C[NH+]1CC[NH+]([C@@H](CNC(=O)c2cccs2)c2ccc3c(c2)OCO3)CC1. The van der Waals surface area contributed by atoms with Gasteiger partial charge in [-0.05, 0) is 29.6 Å². The number of carbonyl (C=O) groups excluding carboxylic acids is 1. The van der Waals surface area contributed by atoms with Crippen molar-refractivity contribution in [2.75, 3.05) is 46.6 Å². The average molecular weight is 375 g/mol. The van der Waals surface area contributed by atoms with Crippen LogP contribution < -0.4 is 24.6 Å². The van der Waals surface area contributed by atoms with Gasteiger partial charge in [0.15, 0.2) is 11.5 Å². The third kappa shape index (κ3) is 3.70. The van der Waals surface area contributed by atoms with E-state index >= 15 is 0 Å². The molecule has 26 heavy (non-hydrogen) atoms. The zero-order valence-electron chi connectivity index (χ0n) is 14.9. The van der Waals surface area contributed by atoms with Gasteiger partial charge in [0, 0.05) is 5.56 Å². The van der Waals surface area contributed by atoms with E-state index in [0.717, 1.165) is 42.6 Å². The molecule has 1 atom stereocenters. The number of benzene rings is 1. The number of likely N-dealkylation sites (N-methyl/N-ethyl adjacent to an activating group) is 1. The molecule has 0 bridgehead atoms. The number of amides is 1. The Morgan fingerprint density at radius 2 is 2.00 bits per heavy atom. The molecule has 0 unspecified atom stereocenters. The minimum Gasteiger partial charge on any atom is -0.454 e. The maximum atomic E-state index is 12.4. The van der Waals surface area contributed by atoms with Gasteiger partial charge in [-0.25, -0.2) is 0 Å². The van der Waals surface area contributed by atoms with E-state index in [1.807, 2.05) is 23.6 Å². The zero-order valence-corrected chi connectivity index (χ0v) is 15.7. The molecule has 1 aromatic heterocycles. The van der Waals surface area contributed by atoms with Crippen molar-refractivity contribution in [3.8, 4) is 11.5 Å². The summed E-state index contributed by atoms with van der Waals surface area (Å²) in [6.45, 7) is 5.39. The molecule has 7 heteroatoms. The fourth-order valence-electron chi connectivity index (χ4n) is 3.66. The van der Waals surface area contributed by atoms with E-state index in [1.165, 1.54) is 21.8 Å². The average Bonchev–Trinajstić information content (AvgIpc) is 3.34. The van der Waals surface area contributed by atoms with Crippen molar-refractivity contribution >= 4 is 17.2 Å². The van der Waals surface area contributed by atoms with Crippen molar-refractivity contribution in [1.29, 1.82) is 0 Å². The Balaban J connectivity index is 1.52. The predicted octanol–water partition coefficient (Wildman–Crippen LogP) is -0.639.